The second-order valence-corrected chi connectivity index (χ2v) is 4.17. The minimum Gasteiger partial charge on any atom is -0.497 e. The molecule has 0 bridgehead atoms. The molecule has 0 aliphatic carbocycles. The van der Waals surface area contributed by atoms with Gasteiger partial charge in [-0.15, -0.1) is 0 Å². The molecule has 1 aromatic heterocycles. The summed E-state index contributed by atoms with van der Waals surface area (Å²) >= 11 is 0. The van der Waals surface area contributed by atoms with Gasteiger partial charge in [-0.2, -0.15) is 0 Å². The lowest BCUT2D eigenvalue weighted by Gasteiger charge is -2.08. The molecule has 1 heterocycles. The van der Waals surface area contributed by atoms with Gasteiger partial charge in [-0.3, -0.25) is 4.98 Å². The average molecular weight is 271 g/mol. The summed E-state index contributed by atoms with van der Waals surface area (Å²) in [6.45, 7) is 0. The molecule has 1 aromatic carbocycles. The fourth-order valence-corrected chi connectivity index (χ4v) is 1.80. The van der Waals surface area contributed by atoms with E-state index < -0.39 is 6.10 Å². The quantitative estimate of drug-likeness (QED) is 0.908. The maximum absolute atomic E-state index is 10.0. The van der Waals surface area contributed by atoms with Crippen LogP contribution in [0.15, 0.2) is 48.7 Å². The van der Waals surface area contributed by atoms with E-state index >= 15 is 0 Å². The van der Waals surface area contributed by atoms with Crippen molar-refractivity contribution in [1.82, 2.24) is 4.98 Å². The molecular weight excluding hydrogens is 254 g/mol. The summed E-state index contributed by atoms with van der Waals surface area (Å²) < 4.78 is 10.4. The SMILES string of the molecule is COc1ccc(/C=C/[C@H](O)c2ccccn2)c(OC)c1. The van der Waals surface area contributed by atoms with Crippen LogP contribution in [0.25, 0.3) is 6.08 Å². The van der Waals surface area contributed by atoms with Crippen LogP contribution < -0.4 is 9.47 Å². The molecule has 0 radical (unpaired) electrons. The number of rotatable bonds is 5. The van der Waals surface area contributed by atoms with E-state index in [4.69, 9.17) is 9.47 Å². The van der Waals surface area contributed by atoms with Crippen LogP contribution in [0, 0.1) is 0 Å². The largest absolute Gasteiger partial charge is 0.497 e. The Morgan fingerprint density at radius 1 is 1.15 bits per heavy atom. The van der Waals surface area contributed by atoms with Gasteiger partial charge < -0.3 is 14.6 Å². The van der Waals surface area contributed by atoms with Gasteiger partial charge in [0, 0.05) is 17.8 Å². The highest BCUT2D eigenvalue weighted by Gasteiger charge is 2.05. The summed E-state index contributed by atoms with van der Waals surface area (Å²) in [5.41, 5.74) is 1.47. The third kappa shape index (κ3) is 3.36. The number of hydrogen-bond acceptors (Lipinski definition) is 4. The fraction of sp³-hybridized carbons (Fsp3) is 0.188. The van der Waals surface area contributed by atoms with Crippen LogP contribution in [0.5, 0.6) is 11.5 Å². The zero-order chi connectivity index (χ0) is 14.4. The van der Waals surface area contributed by atoms with Gasteiger partial charge in [-0.1, -0.05) is 12.1 Å². The molecule has 0 unspecified atom stereocenters. The molecule has 1 atom stereocenters. The molecule has 0 saturated heterocycles. The zero-order valence-electron chi connectivity index (χ0n) is 11.5. The Bertz CT molecular complexity index is 582. The van der Waals surface area contributed by atoms with Gasteiger partial charge >= 0.3 is 0 Å². The van der Waals surface area contributed by atoms with Gasteiger partial charge in [-0.25, -0.2) is 0 Å². The van der Waals surface area contributed by atoms with Crippen LogP contribution in [-0.2, 0) is 0 Å². The summed E-state index contributed by atoms with van der Waals surface area (Å²) in [5.74, 6) is 1.41. The lowest BCUT2D eigenvalue weighted by molar-refractivity contribution is 0.224. The molecule has 0 aliphatic rings. The maximum atomic E-state index is 10.0. The van der Waals surface area contributed by atoms with E-state index in [1.54, 1.807) is 44.7 Å². The summed E-state index contributed by atoms with van der Waals surface area (Å²) in [6.07, 6.45) is 4.38. The number of aliphatic hydroxyl groups is 1. The van der Waals surface area contributed by atoms with Gasteiger partial charge in [-0.05, 0) is 30.3 Å². The van der Waals surface area contributed by atoms with Crippen molar-refractivity contribution in [3.05, 3.63) is 59.9 Å². The summed E-state index contributed by atoms with van der Waals surface area (Å²) in [4.78, 5) is 4.11. The first-order valence-corrected chi connectivity index (χ1v) is 6.24. The van der Waals surface area contributed by atoms with Crippen LogP contribution in [0.2, 0.25) is 0 Å². The molecule has 0 fully saturated rings. The molecule has 4 heteroatoms. The number of ether oxygens (including phenoxy) is 2. The summed E-state index contributed by atoms with van der Waals surface area (Å²) in [6, 6.07) is 10.9. The Kier molecular flexibility index (Phi) is 4.74. The third-order valence-electron chi connectivity index (χ3n) is 2.89. The summed E-state index contributed by atoms with van der Waals surface area (Å²) in [7, 11) is 3.20. The molecular formula is C16H17NO3. The van der Waals surface area contributed by atoms with Gasteiger partial charge in [0.1, 0.15) is 17.6 Å². The minimum absolute atomic E-state index is 0.608. The topological polar surface area (TPSA) is 51.6 Å². The predicted octanol–water partition coefficient (Wildman–Crippen LogP) is 2.85. The lowest BCUT2D eigenvalue weighted by Crippen LogP contribution is -1.96. The number of methoxy groups -OCH3 is 2. The van der Waals surface area contributed by atoms with Crippen LogP contribution in [-0.4, -0.2) is 24.3 Å². The number of hydrogen-bond donors (Lipinski definition) is 1. The first-order chi connectivity index (χ1) is 9.74. The number of benzene rings is 1. The third-order valence-corrected chi connectivity index (χ3v) is 2.89. The van der Waals surface area contributed by atoms with E-state index in [2.05, 4.69) is 4.98 Å². The van der Waals surface area contributed by atoms with Crippen molar-refractivity contribution in [2.24, 2.45) is 0 Å². The molecule has 0 amide bonds. The van der Waals surface area contributed by atoms with Crippen molar-refractivity contribution < 1.29 is 14.6 Å². The Labute approximate surface area is 118 Å². The van der Waals surface area contributed by atoms with Crippen molar-refractivity contribution >= 4 is 6.08 Å². The molecule has 1 N–H and O–H groups in total. The Morgan fingerprint density at radius 2 is 2.00 bits per heavy atom. The molecule has 0 spiro atoms. The smallest absolute Gasteiger partial charge is 0.129 e. The van der Waals surface area contributed by atoms with Crippen LogP contribution >= 0.6 is 0 Å². The first kappa shape index (κ1) is 14.1. The minimum atomic E-state index is -0.747. The molecule has 2 rings (SSSR count). The number of aromatic nitrogens is 1. The Morgan fingerprint density at radius 3 is 2.65 bits per heavy atom. The van der Waals surface area contributed by atoms with Crippen LogP contribution in [0.4, 0.5) is 0 Å². The molecule has 0 saturated carbocycles. The van der Waals surface area contributed by atoms with E-state index in [1.807, 2.05) is 24.3 Å². The fourth-order valence-electron chi connectivity index (χ4n) is 1.80. The van der Waals surface area contributed by atoms with E-state index in [1.165, 1.54) is 0 Å². The van der Waals surface area contributed by atoms with Crippen molar-refractivity contribution in [3.8, 4) is 11.5 Å². The highest BCUT2D eigenvalue weighted by Crippen LogP contribution is 2.26. The standard InChI is InChI=1S/C16H17NO3/c1-19-13-8-6-12(16(11-13)20-2)7-9-15(18)14-5-3-4-10-17-14/h3-11,15,18H,1-2H3/b9-7+/t15-/m0/s1. The molecule has 4 nitrogen and oxygen atoms in total. The van der Waals surface area contributed by atoms with Crippen LogP contribution in [0.1, 0.15) is 17.4 Å². The molecule has 20 heavy (non-hydrogen) atoms. The maximum Gasteiger partial charge on any atom is 0.129 e. The van der Waals surface area contributed by atoms with Crippen molar-refractivity contribution in [1.29, 1.82) is 0 Å². The monoisotopic (exact) mass is 271 g/mol. The van der Waals surface area contributed by atoms with Crippen LogP contribution in [0.3, 0.4) is 0 Å². The zero-order valence-corrected chi connectivity index (χ0v) is 11.5. The van der Waals surface area contributed by atoms with Gasteiger partial charge in [0.2, 0.25) is 0 Å². The second-order valence-electron chi connectivity index (χ2n) is 4.17. The Hall–Kier alpha value is -2.33. The van der Waals surface area contributed by atoms with E-state index in [-0.39, 0.29) is 0 Å². The Balaban J connectivity index is 2.19. The van der Waals surface area contributed by atoms with Gasteiger partial charge in [0.15, 0.2) is 0 Å². The normalized spacial score (nSPS) is 12.3. The highest BCUT2D eigenvalue weighted by atomic mass is 16.5. The first-order valence-electron chi connectivity index (χ1n) is 6.24. The van der Waals surface area contributed by atoms with E-state index in [0.717, 1.165) is 11.3 Å². The number of aliphatic hydroxyl groups excluding tert-OH is 1. The lowest BCUT2D eigenvalue weighted by atomic mass is 10.1. The van der Waals surface area contributed by atoms with Crippen molar-refractivity contribution in [3.63, 3.8) is 0 Å². The molecule has 104 valence electrons. The molecule has 2 aromatic rings. The second kappa shape index (κ2) is 6.73. The van der Waals surface area contributed by atoms with Gasteiger partial charge in [0.25, 0.3) is 0 Å². The number of nitrogens with zero attached hydrogens (tertiary/aromatic N) is 1. The van der Waals surface area contributed by atoms with E-state index in [9.17, 15) is 5.11 Å². The van der Waals surface area contributed by atoms with E-state index in [0.29, 0.717) is 11.4 Å². The number of pyridine rings is 1. The van der Waals surface area contributed by atoms with Crippen molar-refractivity contribution in [2.75, 3.05) is 14.2 Å². The molecule has 0 aliphatic heterocycles. The van der Waals surface area contributed by atoms with Crippen molar-refractivity contribution in [2.45, 2.75) is 6.10 Å². The summed E-state index contributed by atoms with van der Waals surface area (Å²) in [5, 5.41) is 10.0. The predicted molar refractivity (Wildman–Crippen MR) is 77.8 cm³/mol. The van der Waals surface area contributed by atoms with Gasteiger partial charge in [0.05, 0.1) is 19.9 Å². The highest BCUT2D eigenvalue weighted by molar-refractivity contribution is 5.59. The average Bonchev–Trinajstić information content (AvgIpc) is 2.53.